The van der Waals surface area contributed by atoms with Crippen LogP contribution >= 0.6 is 23.1 Å². The highest BCUT2D eigenvalue weighted by atomic mass is 32.2. The first-order valence-corrected chi connectivity index (χ1v) is 9.56. The van der Waals surface area contributed by atoms with Gasteiger partial charge in [-0.05, 0) is 30.4 Å². The van der Waals surface area contributed by atoms with Crippen LogP contribution < -0.4 is 14.8 Å². The number of unbranched alkanes of at least 4 members (excludes halogenated alkanes) is 1. The quantitative estimate of drug-likeness (QED) is 0.409. The maximum Gasteiger partial charge on any atom is 0.257 e. The third kappa shape index (κ3) is 5.10. The van der Waals surface area contributed by atoms with E-state index in [9.17, 15) is 4.79 Å². The summed E-state index contributed by atoms with van der Waals surface area (Å²) in [6.07, 6.45) is 2.03. The Labute approximate surface area is 150 Å². The van der Waals surface area contributed by atoms with Gasteiger partial charge in [0, 0.05) is 5.56 Å². The van der Waals surface area contributed by atoms with Crippen molar-refractivity contribution in [1.82, 2.24) is 10.2 Å². The lowest BCUT2D eigenvalue weighted by molar-refractivity contribution is 0.102. The zero-order valence-corrected chi connectivity index (χ0v) is 15.6. The molecule has 0 fully saturated rings. The Morgan fingerprint density at radius 3 is 2.83 bits per heavy atom. The second-order valence-corrected chi connectivity index (χ2v) is 7.32. The van der Waals surface area contributed by atoms with Gasteiger partial charge in [0.1, 0.15) is 0 Å². The lowest BCUT2D eigenvalue weighted by atomic mass is 10.2. The van der Waals surface area contributed by atoms with Crippen molar-refractivity contribution >= 4 is 34.1 Å². The number of thioether (sulfide) groups is 1. The number of anilines is 1. The van der Waals surface area contributed by atoms with Crippen molar-refractivity contribution in [3.8, 4) is 11.5 Å². The summed E-state index contributed by atoms with van der Waals surface area (Å²) in [4.78, 5) is 12.3. The summed E-state index contributed by atoms with van der Waals surface area (Å²) >= 11 is 2.95. The lowest BCUT2D eigenvalue weighted by Crippen LogP contribution is -2.12. The number of carbonyl (C=O) groups excluding carboxylic acids is 1. The number of hydrogen-bond acceptors (Lipinski definition) is 7. The summed E-state index contributed by atoms with van der Waals surface area (Å²) in [6.45, 7) is 4.77. The zero-order valence-electron chi connectivity index (χ0n) is 14.0. The van der Waals surface area contributed by atoms with Gasteiger partial charge in [0.15, 0.2) is 15.8 Å². The molecule has 130 valence electrons. The van der Waals surface area contributed by atoms with Crippen LogP contribution in [0.2, 0.25) is 0 Å². The third-order valence-electron chi connectivity index (χ3n) is 3.08. The molecule has 1 heterocycles. The molecule has 0 spiro atoms. The summed E-state index contributed by atoms with van der Waals surface area (Å²) in [7, 11) is 1.56. The van der Waals surface area contributed by atoms with Gasteiger partial charge in [0.2, 0.25) is 5.13 Å². The van der Waals surface area contributed by atoms with Gasteiger partial charge in [-0.3, -0.25) is 10.1 Å². The zero-order chi connectivity index (χ0) is 17.4. The molecule has 8 heteroatoms. The summed E-state index contributed by atoms with van der Waals surface area (Å²) in [5.74, 6) is 1.84. The second-order valence-electron chi connectivity index (χ2n) is 4.83. The maximum atomic E-state index is 12.3. The smallest absolute Gasteiger partial charge is 0.257 e. The normalized spacial score (nSPS) is 10.5. The molecule has 0 aliphatic rings. The summed E-state index contributed by atoms with van der Waals surface area (Å²) < 4.78 is 11.8. The van der Waals surface area contributed by atoms with Crippen molar-refractivity contribution < 1.29 is 14.3 Å². The molecule has 24 heavy (non-hydrogen) atoms. The van der Waals surface area contributed by atoms with E-state index >= 15 is 0 Å². The average molecular weight is 367 g/mol. The van der Waals surface area contributed by atoms with Crippen LogP contribution in [0.5, 0.6) is 11.5 Å². The Kier molecular flexibility index (Phi) is 7.33. The fourth-order valence-corrected chi connectivity index (χ4v) is 3.51. The average Bonchev–Trinajstić information content (AvgIpc) is 3.02. The Morgan fingerprint density at radius 2 is 2.12 bits per heavy atom. The summed E-state index contributed by atoms with van der Waals surface area (Å²) in [5.41, 5.74) is 0.481. The standard InChI is InChI=1S/C16H21N3O3S2/c1-4-6-9-22-12-8-7-11(10-13(12)21-3)14(20)17-15-18-19-16(24-15)23-5-2/h7-8,10H,4-6,9H2,1-3H3,(H,17,18,20). The molecule has 0 atom stereocenters. The molecular formula is C16H21N3O3S2. The van der Waals surface area contributed by atoms with Crippen LogP contribution in [0.15, 0.2) is 22.5 Å². The number of carbonyl (C=O) groups is 1. The Hall–Kier alpha value is -1.80. The van der Waals surface area contributed by atoms with Crippen molar-refractivity contribution in [2.75, 3.05) is 24.8 Å². The number of hydrogen-bond donors (Lipinski definition) is 1. The molecule has 6 nitrogen and oxygen atoms in total. The van der Waals surface area contributed by atoms with E-state index in [1.807, 2.05) is 6.92 Å². The molecule has 2 rings (SSSR count). The van der Waals surface area contributed by atoms with Crippen LogP contribution in [0.4, 0.5) is 5.13 Å². The number of nitrogens with zero attached hydrogens (tertiary/aromatic N) is 2. The predicted molar refractivity (Wildman–Crippen MR) is 97.7 cm³/mol. The minimum atomic E-state index is -0.252. The van der Waals surface area contributed by atoms with Gasteiger partial charge in [-0.15, -0.1) is 10.2 Å². The van der Waals surface area contributed by atoms with Crippen LogP contribution in [0.3, 0.4) is 0 Å². The molecule has 2 aromatic rings. The van der Waals surface area contributed by atoms with Crippen LogP contribution in [0, 0.1) is 0 Å². The highest BCUT2D eigenvalue weighted by Crippen LogP contribution is 2.29. The summed E-state index contributed by atoms with van der Waals surface area (Å²) in [5, 5.41) is 11.2. The van der Waals surface area contributed by atoms with Crippen molar-refractivity contribution in [2.45, 2.75) is 31.0 Å². The van der Waals surface area contributed by atoms with Crippen LogP contribution in [-0.2, 0) is 0 Å². The second kappa shape index (κ2) is 9.48. The highest BCUT2D eigenvalue weighted by Gasteiger charge is 2.13. The van der Waals surface area contributed by atoms with Gasteiger partial charge < -0.3 is 9.47 Å². The van der Waals surface area contributed by atoms with Gasteiger partial charge in [-0.2, -0.15) is 0 Å². The minimum Gasteiger partial charge on any atom is -0.493 e. The topological polar surface area (TPSA) is 73.3 Å². The largest absolute Gasteiger partial charge is 0.493 e. The van der Waals surface area contributed by atoms with Gasteiger partial charge >= 0.3 is 0 Å². The van der Waals surface area contributed by atoms with E-state index < -0.39 is 0 Å². The molecule has 1 amide bonds. The molecule has 0 radical (unpaired) electrons. The number of methoxy groups -OCH3 is 1. The fraction of sp³-hybridized carbons (Fsp3) is 0.438. The molecule has 0 unspecified atom stereocenters. The lowest BCUT2D eigenvalue weighted by Gasteiger charge is -2.11. The molecule has 0 saturated heterocycles. The van der Waals surface area contributed by atoms with E-state index in [-0.39, 0.29) is 5.91 Å². The van der Waals surface area contributed by atoms with Gasteiger partial charge in [0.05, 0.1) is 13.7 Å². The van der Waals surface area contributed by atoms with E-state index in [0.717, 1.165) is 22.9 Å². The summed E-state index contributed by atoms with van der Waals surface area (Å²) in [6, 6.07) is 5.13. The monoisotopic (exact) mass is 367 g/mol. The Bertz CT molecular complexity index is 676. The first kappa shape index (κ1) is 18.5. The highest BCUT2D eigenvalue weighted by molar-refractivity contribution is 8.01. The van der Waals surface area contributed by atoms with Crippen molar-refractivity contribution in [2.24, 2.45) is 0 Å². The van der Waals surface area contributed by atoms with Crippen LogP contribution in [0.1, 0.15) is 37.0 Å². The van der Waals surface area contributed by atoms with Crippen LogP contribution in [0.25, 0.3) is 0 Å². The van der Waals surface area contributed by atoms with Crippen molar-refractivity contribution in [3.63, 3.8) is 0 Å². The van der Waals surface area contributed by atoms with Gasteiger partial charge in [0.25, 0.3) is 5.91 Å². The number of rotatable bonds is 9. The SMILES string of the molecule is CCCCOc1ccc(C(=O)Nc2nnc(SCC)s2)cc1OC. The van der Waals surface area contributed by atoms with Gasteiger partial charge in [-0.1, -0.05) is 43.4 Å². The number of benzene rings is 1. The van der Waals surface area contributed by atoms with E-state index in [1.54, 1.807) is 37.1 Å². The van der Waals surface area contributed by atoms with Crippen molar-refractivity contribution in [3.05, 3.63) is 23.8 Å². The van der Waals surface area contributed by atoms with E-state index in [1.165, 1.54) is 11.3 Å². The minimum absolute atomic E-state index is 0.252. The van der Waals surface area contributed by atoms with E-state index in [2.05, 4.69) is 22.4 Å². The molecule has 1 N–H and O–H groups in total. The number of nitrogens with one attached hydrogen (secondary N) is 1. The van der Waals surface area contributed by atoms with Crippen LogP contribution in [-0.4, -0.2) is 35.6 Å². The maximum absolute atomic E-state index is 12.3. The molecule has 1 aromatic carbocycles. The first-order valence-electron chi connectivity index (χ1n) is 7.76. The molecular weight excluding hydrogens is 346 g/mol. The predicted octanol–water partition coefficient (Wildman–Crippen LogP) is 4.09. The molecule has 0 bridgehead atoms. The molecule has 0 saturated carbocycles. The molecule has 1 aromatic heterocycles. The Balaban J connectivity index is 2.05. The molecule has 0 aliphatic heterocycles. The number of ether oxygens (including phenoxy) is 2. The first-order chi connectivity index (χ1) is 11.7. The van der Waals surface area contributed by atoms with E-state index in [0.29, 0.717) is 28.8 Å². The van der Waals surface area contributed by atoms with Gasteiger partial charge in [-0.25, -0.2) is 0 Å². The van der Waals surface area contributed by atoms with E-state index in [4.69, 9.17) is 9.47 Å². The van der Waals surface area contributed by atoms with Crippen molar-refractivity contribution in [1.29, 1.82) is 0 Å². The number of aromatic nitrogens is 2. The fourth-order valence-electron chi connectivity index (χ4n) is 1.87. The Morgan fingerprint density at radius 1 is 1.29 bits per heavy atom. The molecule has 0 aliphatic carbocycles. The third-order valence-corrected chi connectivity index (χ3v) is 4.93. The number of amides is 1.